The van der Waals surface area contributed by atoms with Gasteiger partial charge in [0.2, 0.25) is 5.91 Å². The number of carbonyl (C=O) groups is 1. The van der Waals surface area contributed by atoms with Gasteiger partial charge in [0, 0.05) is 25.7 Å². The third kappa shape index (κ3) is 2.73. The van der Waals surface area contributed by atoms with Gasteiger partial charge in [-0.2, -0.15) is 0 Å². The van der Waals surface area contributed by atoms with Crippen LogP contribution in [0.15, 0.2) is 0 Å². The van der Waals surface area contributed by atoms with Gasteiger partial charge in [-0.1, -0.05) is 19.3 Å². The number of nitrogens with one attached hydrogen (secondary N) is 1. The number of amides is 1. The lowest BCUT2D eigenvalue weighted by Crippen LogP contribution is -2.46. The summed E-state index contributed by atoms with van der Waals surface area (Å²) in [5.74, 6) is 1.84. The first kappa shape index (κ1) is 14.3. The van der Waals surface area contributed by atoms with E-state index in [-0.39, 0.29) is 0 Å². The van der Waals surface area contributed by atoms with E-state index in [1.165, 1.54) is 32.1 Å². The van der Waals surface area contributed by atoms with Crippen LogP contribution in [0.5, 0.6) is 0 Å². The van der Waals surface area contributed by atoms with Crippen molar-refractivity contribution in [3.63, 3.8) is 0 Å². The van der Waals surface area contributed by atoms with Crippen LogP contribution in [0.1, 0.15) is 39.0 Å². The topological polar surface area (TPSA) is 35.6 Å². The molecule has 20 heavy (non-hydrogen) atoms. The van der Waals surface area contributed by atoms with Crippen molar-refractivity contribution in [2.45, 2.75) is 51.1 Å². The molecular weight excluding hydrogens is 250 g/mol. The summed E-state index contributed by atoms with van der Waals surface area (Å²) < 4.78 is 0. The van der Waals surface area contributed by atoms with Crippen LogP contribution in [0, 0.1) is 11.8 Å². The highest BCUT2D eigenvalue weighted by Gasteiger charge is 2.42. The molecule has 3 unspecified atom stereocenters. The fourth-order valence-electron chi connectivity index (χ4n) is 4.42. The first-order valence-electron chi connectivity index (χ1n) is 8.37. The zero-order valence-electron chi connectivity index (χ0n) is 13.0. The van der Waals surface area contributed by atoms with Crippen molar-refractivity contribution >= 4 is 5.91 Å². The summed E-state index contributed by atoms with van der Waals surface area (Å²) in [6.45, 7) is 6.29. The molecule has 2 heterocycles. The van der Waals surface area contributed by atoms with Gasteiger partial charge >= 0.3 is 0 Å². The molecule has 114 valence electrons. The van der Waals surface area contributed by atoms with Crippen LogP contribution < -0.4 is 5.32 Å². The second kappa shape index (κ2) is 6.02. The van der Waals surface area contributed by atoms with Crippen LogP contribution in [-0.4, -0.2) is 61.0 Å². The highest BCUT2D eigenvalue weighted by Crippen LogP contribution is 2.32. The average Bonchev–Trinajstić information content (AvgIpc) is 3.03. The Kier molecular flexibility index (Phi) is 4.32. The molecule has 3 aliphatic rings. The summed E-state index contributed by atoms with van der Waals surface area (Å²) in [4.78, 5) is 17.0. The molecule has 3 fully saturated rings. The molecule has 1 N–H and O–H groups in total. The lowest BCUT2D eigenvalue weighted by atomic mass is 9.94. The molecule has 4 nitrogen and oxygen atoms in total. The molecule has 4 heteroatoms. The van der Waals surface area contributed by atoms with Gasteiger partial charge in [0.05, 0.1) is 6.54 Å². The maximum absolute atomic E-state index is 12.5. The van der Waals surface area contributed by atoms with Crippen LogP contribution in [0.25, 0.3) is 0 Å². The molecule has 2 saturated heterocycles. The van der Waals surface area contributed by atoms with E-state index in [2.05, 4.69) is 17.1 Å². The number of hydrogen-bond acceptors (Lipinski definition) is 3. The highest BCUT2D eigenvalue weighted by molar-refractivity contribution is 5.78. The number of rotatable bonds is 3. The van der Waals surface area contributed by atoms with E-state index in [1.807, 2.05) is 11.9 Å². The Morgan fingerprint density at radius 1 is 1.25 bits per heavy atom. The fraction of sp³-hybridized carbons (Fsp3) is 0.938. The highest BCUT2D eigenvalue weighted by atomic mass is 16.2. The monoisotopic (exact) mass is 279 g/mol. The summed E-state index contributed by atoms with van der Waals surface area (Å²) in [5, 5.41) is 3.48. The zero-order valence-corrected chi connectivity index (χ0v) is 13.0. The molecule has 2 aliphatic heterocycles. The van der Waals surface area contributed by atoms with Crippen molar-refractivity contribution in [1.29, 1.82) is 0 Å². The van der Waals surface area contributed by atoms with Gasteiger partial charge in [0.1, 0.15) is 0 Å². The molecule has 3 atom stereocenters. The first-order chi connectivity index (χ1) is 9.66. The standard InChI is InChI=1S/C16H29N3O/c1-12-15-9-17-8-13(15)10-19(12)11-16(20)18(2)14-6-4-3-5-7-14/h12-15,17H,3-11H2,1-2H3. The molecule has 1 aliphatic carbocycles. The van der Waals surface area contributed by atoms with Crippen molar-refractivity contribution in [1.82, 2.24) is 15.1 Å². The Labute approximate surface area is 122 Å². The van der Waals surface area contributed by atoms with Crippen LogP contribution in [0.3, 0.4) is 0 Å². The van der Waals surface area contributed by atoms with E-state index >= 15 is 0 Å². The third-order valence-electron chi connectivity index (χ3n) is 5.91. The second-order valence-electron chi connectivity index (χ2n) is 7.05. The minimum atomic E-state index is 0.330. The van der Waals surface area contributed by atoms with E-state index in [4.69, 9.17) is 0 Å². The van der Waals surface area contributed by atoms with Gasteiger partial charge < -0.3 is 10.2 Å². The molecular formula is C16H29N3O. The lowest BCUT2D eigenvalue weighted by molar-refractivity contribution is -0.134. The first-order valence-corrected chi connectivity index (χ1v) is 8.37. The lowest BCUT2D eigenvalue weighted by Gasteiger charge is -2.33. The van der Waals surface area contributed by atoms with Crippen molar-refractivity contribution in [3.8, 4) is 0 Å². The Morgan fingerprint density at radius 2 is 2.00 bits per heavy atom. The normalized spacial score (nSPS) is 35.2. The van der Waals surface area contributed by atoms with Crippen LogP contribution in [0.2, 0.25) is 0 Å². The fourth-order valence-corrected chi connectivity index (χ4v) is 4.42. The summed E-state index contributed by atoms with van der Waals surface area (Å²) >= 11 is 0. The molecule has 3 rings (SSSR count). The minimum absolute atomic E-state index is 0.330. The molecule has 0 radical (unpaired) electrons. The number of likely N-dealkylation sites (N-methyl/N-ethyl adjacent to an activating group) is 1. The van der Waals surface area contributed by atoms with Crippen LogP contribution in [-0.2, 0) is 4.79 Å². The van der Waals surface area contributed by atoms with Crippen molar-refractivity contribution < 1.29 is 4.79 Å². The van der Waals surface area contributed by atoms with Gasteiger partial charge in [-0.05, 0) is 44.7 Å². The van der Waals surface area contributed by atoms with Crippen LogP contribution in [0.4, 0.5) is 0 Å². The zero-order chi connectivity index (χ0) is 14.1. The Hall–Kier alpha value is -0.610. The molecule has 0 aromatic carbocycles. The van der Waals surface area contributed by atoms with E-state index < -0.39 is 0 Å². The number of likely N-dealkylation sites (tertiary alicyclic amines) is 1. The summed E-state index contributed by atoms with van der Waals surface area (Å²) in [5.41, 5.74) is 0. The largest absolute Gasteiger partial charge is 0.342 e. The number of nitrogens with zero attached hydrogens (tertiary/aromatic N) is 2. The van der Waals surface area contributed by atoms with Gasteiger partial charge in [0.15, 0.2) is 0 Å². The second-order valence-corrected chi connectivity index (χ2v) is 7.05. The third-order valence-corrected chi connectivity index (χ3v) is 5.91. The van der Waals surface area contributed by atoms with Crippen molar-refractivity contribution in [2.24, 2.45) is 11.8 Å². The Balaban J connectivity index is 1.53. The number of fused-ring (bicyclic) bond motifs is 1. The average molecular weight is 279 g/mol. The van der Waals surface area contributed by atoms with E-state index in [1.54, 1.807) is 0 Å². The maximum Gasteiger partial charge on any atom is 0.236 e. The van der Waals surface area contributed by atoms with E-state index in [0.717, 1.165) is 31.5 Å². The van der Waals surface area contributed by atoms with Gasteiger partial charge in [-0.3, -0.25) is 9.69 Å². The number of carbonyl (C=O) groups excluding carboxylic acids is 1. The van der Waals surface area contributed by atoms with E-state index in [9.17, 15) is 4.79 Å². The predicted molar refractivity (Wildman–Crippen MR) is 80.5 cm³/mol. The van der Waals surface area contributed by atoms with Crippen LogP contribution >= 0.6 is 0 Å². The van der Waals surface area contributed by atoms with Gasteiger partial charge in [-0.25, -0.2) is 0 Å². The van der Waals surface area contributed by atoms with Crippen molar-refractivity contribution in [3.05, 3.63) is 0 Å². The summed E-state index contributed by atoms with van der Waals surface area (Å²) in [6, 6.07) is 1.05. The molecule has 0 spiro atoms. The maximum atomic E-state index is 12.5. The minimum Gasteiger partial charge on any atom is -0.342 e. The van der Waals surface area contributed by atoms with E-state index in [0.29, 0.717) is 24.5 Å². The van der Waals surface area contributed by atoms with Gasteiger partial charge in [0.25, 0.3) is 0 Å². The summed E-state index contributed by atoms with van der Waals surface area (Å²) in [7, 11) is 2.02. The Bertz CT molecular complexity index is 354. The molecule has 0 aromatic heterocycles. The molecule has 1 amide bonds. The molecule has 1 saturated carbocycles. The smallest absolute Gasteiger partial charge is 0.236 e. The quantitative estimate of drug-likeness (QED) is 0.846. The molecule has 0 aromatic rings. The molecule has 0 bridgehead atoms. The van der Waals surface area contributed by atoms with Gasteiger partial charge in [-0.15, -0.1) is 0 Å². The number of hydrogen-bond donors (Lipinski definition) is 1. The summed E-state index contributed by atoms with van der Waals surface area (Å²) in [6.07, 6.45) is 6.33. The SMILES string of the molecule is CC1C2CNCC2CN1CC(=O)N(C)C1CCCCC1. The Morgan fingerprint density at radius 3 is 2.70 bits per heavy atom. The predicted octanol–water partition coefficient (Wildman–Crippen LogP) is 1.32. The van der Waals surface area contributed by atoms with Crippen molar-refractivity contribution in [2.75, 3.05) is 33.2 Å².